The van der Waals surface area contributed by atoms with Crippen molar-refractivity contribution in [3.05, 3.63) is 23.3 Å². The molecule has 4 nitrogen and oxygen atoms in total. The summed E-state index contributed by atoms with van der Waals surface area (Å²) in [7, 11) is 0. The van der Waals surface area contributed by atoms with Gasteiger partial charge >= 0.3 is 0 Å². The van der Waals surface area contributed by atoms with Crippen LogP contribution in [-0.4, -0.2) is 43.8 Å². The molecule has 0 heterocycles. The molecule has 1 spiro atoms. The van der Waals surface area contributed by atoms with E-state index in [4.69, 9.17) is 0 Å². The maximum atomic E-state index is 12.3. The fourth-order valence-corrected chi connectivity index (χ4v) is 9.05. The van der Waals surface area contributed by atoms with Gasteiger partial charge < -0.3 is 20.4 Å². The molecule has 3 fully saturated rings. The fourth-order valence-electron chi connectivity index (χ4n) is 9.05. The van der Waals surface area contributed by atoms with Crippen LogP contribution >= 0.6 is 0 Å². The van der Waals surface area contributed by atoms with Crippen molar-refractivity contribution in [2.75, 3.05) is 0 Å². The Morgan fingerprint density at radius 1 is 1.03 bits per heavy atom. The van der Waals surface area contributed by atoms with Crippen molar-refractivity contribution < 1.29 is 20.4 Å². The monoisotopic (exact) mass is 444 g/mol. The lowest BCUT2D eigenvalue weighted by Crippen LogP contribution is -2.66. The smallest absolute Gasteiger partial charge is 0.0980 e. The molecule has 5 rings (SSSR count). The molecule has 5 aliphatic rings. The Kier molecular flexibility index (Phi) is 5.17. The number of aliphatic hydroxyl groups excluding tert-OH is 2. The summed E-state index contributed by atoms with van der Waals surface area (Å²) in [5.41, 5.74) is -0.314. The summed E-state index contributed by atoms with van der Waals surface area (Å²) in [6.45, 7) is 11.0. The second-order valence-electron chi connectivity index (χ2n) is 12.9. The molecule has 32 heavy (non-hydrogen) atoms. The first kappa shape index (κ1) is 23.1. The SMILES string of the molecule is CC(C)C(C)C(O)C1CC23CC[C@@]4(O)C(=C2CCC3C1C)C=CC1(O)CC(O)CC[C@@]14C. The van der Waals surface area contributed by atoms with Gasteiger partial charge in [0.2, 0.25) is 0 Å². The van der Waals surface area contributed by atoms with Gasteiger partial charge in [0, 0.05) is 11.8 Å². The van der Waals surface area contributed by atoms with E-state index in [2.05, 4.69) is 27.7 Å². The van der Waals surface area contributed by atoms with Gasteiger partial charge in [-0.1, -0.05) is 52.3 Å². The van der Waals surface area contributed by atoms with Crippen molar-refractivity contribution in [2.45, 2.75) is 109 Å². The second kappa shape index (κ2) is 7.16. The van der Waals surface area contributed by atoms with Crippen LogP contribution in [0.1, 0.15) is 86.0 Å². The van der Waals surface area contributed by atoms with Crippen molar-refractivity contribution in [3.63, 3.8) is 0 Å². The minimum Gasteiger partial charge on any atom is -0.393 e. The van der Waals surface area contributed by atoms with Crippen LogP contribution in [0.3, 0.4) is 0 Å². The van der Waals surface area contributed by atoms with Crippen LogP contribution < -0.4 is 0 Å². The van der Waals surface area contributed by atoms with Crippen LogP contribution in [0.4, 0.5) is 0 Å². The van der Waals surface area contributed by atoms with Gasteiger partial charge in [0.25, 0.3) is 0 Å². The third kappa shape index (κ3) is 2.70. The lowest BCUT2D eigenvalue weighted by atomic mass is 9.47. The average molecular weight is 445 g/mol. The molecule has 0 radical (unpaired) electrons. The Morgan fingerprint density at radius 3 is 2.44 bits per heavy atom. The van der Waals surface area contributed by atoms with Gasteiger partial charge in [-0.05, 0) is 85.5 Å². The van der Waals surface area contributed by atoms with Crippen LogP contribution in [0.25, 0.3) is 0 Å². The first-order chi connectivity index (χ1) is 14.9. The molecule has 10 atom stereocenters. The number of aliphatic hydroxyl groups is 4. The maximum Gasteiger partial charge on any atom is 0.0980 e. The van der Waals surface area contributed by atoms with Gasteiger partial charge in [-0.25, -0.2) is 0 Å². The number of hydrogen-bond acceptors (Lipinski definition) is 4. The summed E-state index contributed by atoms with van der Waals surface area (Å²) in [6.07, 6.45) is 9.48. The van der Waals surface area contributed by atoms with Crippen molar-refractivity contribution in [1.29, 1.82) is 0 Å². The highest BCUT2D eigenvalue weighted by Crippen LogP contribution is 2.71. The van der Waals surface area contributed by atoms with Gasteiger partial charge in [0.1, 0.15) is 0 Å². The molecule has 4 N–H and O–H groups in total. The average Bonchev–Trinajstić information content (AvgIpc) is 3.23. The van der Waals surface area contributed by atoms with E-state index < -0.39 is 22.7 Å². The molecule has 180 valence electrons. The van der Waals surface area contributed by atoms with Gasteiger partial charge in [-0.2, -0.15) is 0 Å². The fraction of sp³-hybridized carbons (Fsp3) is 0.857. The van der Waals surface area contributed by atoms with Crippen LogP contribution in [-0.2, 0) is 0 Å². The van der Waals surface area contributed by atoms with Gasteiger partial charge in [0.15, 0.2) is 0 Å². The summed E-state index contributed by atoms with van der Waals surface area (Å²) in [6, 6.07) is 0. The van der Waals surface area contributed by atoms with E-state index in [1.54, 1.807) is 0 Å². The zero-order valence-electron chi connectivity index (χ0n) is 20.6. The molecular weight excluding hydrogens is 400 g/mol. The summed E-state index contributed by atoms with van der Waals surface area (Å²) in [4.78, 5) is 0. The van der Waals surface area contributed by atoms with Crippen LogP contribution in [0.5, 0.6) is 0 Å². The number of fused-ring (bicyclic) bond motifs is 3. The topological polar surface area (TPSA) is 80.9 Å². The molecular formula is C28H44O4. The molecule has 0 aliphatic heterocycles. The zero-order valence-corrected chi connectivity index (χ0v) is 20.6. The van der Waals surface area contributed by atoms with E-state index in [0.29, 0.717) is 49.4 Å². The van der Waals surface area contributed by atoms with Crippen molar-refractivity contribution in [1.82, 2.24) is 0 Å². The van der Waals surface area contributed by atoms with Crippen LogP contribution in [0, 0.1) is 40.4 Å². The Morgan fingerprint density at radius 2 is 1.75 bits per heavy atom. The Balaban J connectivity index is 1.57. The summed E-state index contributed by atoms with van der Waals surface area (Å²) in [5.74, 6) is 2.12. The number of hydrogen-bond donors (Lipinski definition) is 4. The minimum atomic E-state index is -1.17. The first-order valence-electron chi connectivity index (χ1n) is 13.1. The molecule has 0 amide bonds. The molecule has 3 saturated carbocycles. The third-order valence-corrected chi connectivity index (χ3v) is 11.6. The van der Waals surface area contributed by atoms with Crippen molar-refractivity contribution in [3.8, 4) is 0 Å². The van der Waals surface area contributed by atoms with Gasteiger partial charge in [-0.3, -0.25) is 0 Å². The quantitative estimate of drug-likeness (QED) is 0.521. The minimum absolute atomic E-state index is 0.0909. The number of allylic oxidation sites excluding steroid dienone is 1. The molecule has 0 bridgehead atoms. The number of rotatable bonds is 3. The highest BCUT2D eigenvalue weighted by molar-refractivity contribution is 5.50. The molecule has 4 heteroatoms. The maximum absolute atomic E-state index is 12.3. The molecule has 0 aromatic rings. The van der Waals surface area contributed by atoms with Gasteiger partial charge in [-0.15, -0.1) is 0 Å². The Bertz CT molecular complexity index is 846. The van der Waals surface area contributed by atoms with E-state index in [1.165, 1.54) is 5.57 Å². The van der Waals surface area contributed by atoms with Crippen LogP contribution in [0.2, 0.25) is 0 Å². The Hall–Kier alpha value is -0.680. The highest BCUT2D eigenvalue weighted by atomic mass is 16.3. The first-order valence-corrected chi connectivity index (χ1v) is 13.1. The summed E-state index contributed by atoms with van der Waals surface area (Å²) < 4.78 is 0. The predicted molar refractivity (Wildman–Crippen MR) is 126 cm³/mol. The standard InChI is InChI=1S/C28H44O4/c1-16(2)17(3)24(30)20-15-26-12-13-28(32)23(22(26)7-6-21(26)18(20)4)9-11-27(31)14-19(29)8-10-25(27,28)5/h9,11,16-21,24,29-32H,6-8,10,12-15H2,1-5H3/t17?,18?,19?,20?,21?,24?,25-,26?,27?,28+/m0/s1. The summed E-state index contributed by atoms with van der Waals surface area (Å²) in [5, 5.41) is 45.4. The highest BCUT2D eigenvalue weighted by Gasteiger charge is 2.68. The summed E-state index contributed by atoms with van der Waals surface area (Å²) >= 11 is 0. The van der Waals surface area contributed by atoms with Crippen LogP contribution in [0.15, 0.2) is 23.3 Å². The van der Waals surface area contributed by atoms with Crippen molar-refractivity contribution >= 4 is 0 Å². The third-order valence-electron chi connectivity index (χ3n) is 11.6. The van der Waals surface area contributed by atoms with Crippen molar-refractivity contribution in [2.24, 2.45) is 40.4 Å². The zero-order chi connectivity index (χ0) is 23.3. The van der Waals surface area contributed by atoms with E-state index >= 15 is 0 Å². The molecule has 0 saturated heterocycles. The van der Waals surface area contributed by atoms with E-state index in [9.17, 15) is 20.4 Å². The van der Waals surface area contributed by atoms with E-state index in [0.717, 1.165) is 31.3 Å². The normalized spacial score (nSPS) is 51.8. The second-order valence-corrected chi connectivity index (χ2v) is 12.9. The lowest BCUT2D eigenvalue weighted by molar-refractivity contribution is -0.198. The van der Waals surface area contributed by atoms with E-state index in [1.807, 2.05) is 19.1 Å². The molecule has 8 unspecified atom stereocenters. The largest absolute Gasteiger partial charge is 0.393 e. The molecule has 0 aromatic heterocycles. The molecule has 0 aromatic carbocycles. The molecule has 5 aliphatic carbocycles. The lowest BCUT2D eigenvalue weighted by Gasteiger charge is -2.62. The Labute approximate surface area is 193 Å². The predicted octanol–water partition coefficient (Wildman–Crippen LogP) is 4.37. The van der Waals surface area contributed by atoms with Gasteiger partial charge in [0.05, 0.1) is 23.4 Å². The van der Waals surface area contributed by atoms with E-state index in [-0.39, 0.29) is 17.4 Å².